The van der Waals surface area contributed by atoms with Gasteiger partial charge in [0.05, 0.1) is 5.92 Å². The zero-order valence-electron chi connectivity index (χ0n) is 12.1. The van der Waals surface area contributed by atoms with Crippen LogP contribution in [-0.2, 0) is 0 Å². The monoisotopic (exact) mass is 263 g/mol. The summed E-state index contributed by atoms with van der Waals surface area (Å²) in [4.78, 5) is 4.66. The molecule has 1 aromatic heterocycles. The van der Waals surface area contributed by atoms with Crippen LogP contribution in [0.25, 0.3) is 0 Å². The Morgan fingerprint density at radius 2 is 1.89 bits per heavy atom. The quantitative estimate of drug-likeness (QED) is 0.888. The highest BCUT2D eigenvalue weighted by atomic mass is 16.5. The summed E-state index contributed by atoms with van der Waals surface area (Å²) in [5.41, 5.74) is 6.59. The van der Waals surface area contributed by atoms with Crippen molar-refractivity contribution in [3.05, 3.63) is 11.7 Å². The zero-order chi connectivity index (χ0) is 13.5. The Morgan fingerprint density at radius 3 is 2.53 bits per heavy atom. The third kappa shape index (κ3) is 2.69. The summed E-state index contributed by atoms with van der Waals surface area (Å²) in [6, 6.07) is 0.207. The number of nitrogens with zero attached hydrogens (tertiary/aromatic N) is 2. The highest BCUT2D eigenvalue weighted by Crippen LogP contribution is 2.42. The lowest BCUT2D eigenvalue weighted by atomic mass is 9.73. The van der Waals surface area contributed by atoms with E-state index in [1.54, 1.807) is 0 Å². The lowest BCUT2D eigenvalue weighted by Crippen LogP contribution is -2.23. The number of hydrogen-bond acceptors (Lipinski definition) is 4. The standard InChI is InChI=1S/C15H25N3O/c1-15(2)8-6-10(7-9-15)13-17-14(19-18-13)11-4-3-5-12(11)16/h10-12H,3-9,16H2,1-2H3. The smallest absolute Gasteiger partial charge is 0.231 e. The molecule has 2 N–H and O–H groups in total. The molecule has 2 aliphatic carbocycles. The molecule has 0 aliphatic heterocycles. The van der Waals surface area contributed by atoms with E-state index in [2.05, 4.69) is 24.0 Å². The van der Waals surface area contributed by atoms with Crippen LogP contribution in [0.15, 0.2) is 4.52 Å². The largest absolute Gasteiger partial charge is 0.339 e. The second-order valence-corrected chi connectivity index (χ2v) is 7.13. The van der Waals surface area contributed by atoms with Crippen LogP contribution in [0, 0.1) is 5.41 Å². The van der Waals surface area contributed by atoms with E-state index in [0.717, 1.165) is 24.6 Å². The summed E-state index contributed by atoms with van der Waals surface area (Å²) in [7, 11) is 0. The molecule has 4 heteroatoms. The summed E-state index contributed by atoms with van der Waals surface area (Å²) in [5.74, 6) is 2.49. The van der Waals surface area contributed by atoms with Gasteiger partial charge in [0.1, 0.15) is 0 Å². The van der Waals surface area contributed by atoms with E-state index in [1.165, 1.54) is 32.1 Å². The Hall–Kier alpha value is -0.900. The Morgan fingerprint density at radius 1 is 1.16 bits per heavy atom. The summed E-state index contributed by atoms with van der Waals surface area (Å²) >= 11 is 0. The molecule has 19 heavy (non-hydrogen) atoms. The molecular weight excluding hydrogens is 238 g/mol. The van der Waals surface area contributed by atoms with Crippen LogP contribution in [0.4, 0.5) is 0 Å². The molecule has 0 saturated heterocycles. The average molecular weight is 263 g/mol. The number of nitrogens with two attached hydrogens (primary N) is 1. The van der Waals surface area contributed by atoms with Gasteiger partial charge < -0.3 is 10.3 Å². The van der Waals surface area contributed by atoms with Crippen LogP contribution in [-0.4, -0.2) is 16.2 Å². The maximum absolute atomic E-state index is 6.11. The first-order valence-electron chi connectivity index (χ1n) is 7.64. The van der Waals surface area contributed by atoms with Gasteiger partial charge in [-0.1, -0.05) is 25.4 Å². The van der Waals surface area contributed by atoms with Crippen LogP contribution in [0.1, 0.15) is 82.3 Å². The van der Waals surface area contributed by atoms with Crippen LogP contribution in [0.5, 0.6) is 0 Å². The molecular formula is C15H25N3O. The Kier molecular flexibility index (Phi) is 3.37. The van der Waals surface area contributed by atoms with Gasteiger partial charge in [-0.3, -0.25) is 0 Å². The molecule has 2 fully saturated rings. The van der Waals surface area contributed by atoms with Crippen LogP contribution in [0.3, 0.4) is 0 Å². The minimum Gasteiger partial charge on any atom is -0.339 e. The topological polar surface area (TPSA) is 64.9 Å². The third-order valence-corrected chi connectivity index (χ3v) is 5.05. The van der Waals surface area contributed by atoms with Crippen molar-refractivity contribution in [2.75, 3.05) is 0 Å². The molecule has 3 rings (SSSR count). The summed E-state index contributed by atoms with van der Waals surface area (Å²) < 4.78 is 5.48. The van der Waals surface area contributed by atoms with Crippen molar-refractivity contribution in [1.82, 2.24) is 10.1 Å². The molecule has 0 amide bonds. The summed E-state index contributed by atoms with van der Waals surface area (Å²) in [6.07, 6.45) is 8.24. The summed E-state index contributed by atoms with van der Waals surface area (Å²) in [5, 5.41) is 4.22. The molecule has 1 aromatic rings. The molecule has 2 unspecified atom stereocenters. The number of rotatable bonds is 2. The first-order valence-corrected chi connectivity index (χ1v) is 7.64. The van der Waals surface area contributed by atoms with Crippen molar-refractivity contribution in [2.45, 2.75) is 76.7 Å². The van der Waals surface area contributed by atoms with Crippen LogP contribution < -0.4 is 5.73 Å². The normalized spacial score (nSPS) is 31.7. The molecule has 0 bridgehead atoms. The second kappa shape index (κ2) is 4.89. The van der Waals surface area contributed by atoms with E-state index in [-0.39, 0.29) is 6.04 Å². The Bertz CT molecular complexity index is 430. The van der Waals surface area contributed by atoms with Crippen LogP contribution >= 0.6 is 0 Å². The van der Waals surface area contributed by atoms with Gasteiger partial charge >= 0.3 is 0 Å². The average Bonchev–Trinajstić information content (AvgIpc) is 2.97. The van der Waals surface area contributed by atoms with E-state index >= 15 is 0 Å². The third-order valence-electron chi connectivity index (χ3n) is 5.05. The summed E-state index contributed by atoms with van der Waals surface area (Å²) in [6.45, 7) is 4.70. The maximum atomic E-state index is 6.11. The van der Waals surface area contributed by atoms with Gasteiger partial charge in [0, 0.05) is 12.0 Å². The van der Waals surface area contributed by atoms with Gasteiger partial charge in [-0.05, 0) is 43.9 Å². The molecule has 2 saturated carbocycles. The van der Waals surface area contributed by atoms with Gasteiger partial charge in [-0.25, -0.2) is 0 Å². The molecule has 0 aromatic carbocycles. The zero-order valence-corrected chi connectivity index (χ0v) is 12.1. The predicted octanol–water partition coefficient (Wildman–Crippen LogP) is 3.35. The molecule has 0 radical (unpaired) electrons. The van der Waals surface area contributed by atoms with E-state index in [4.69, 9.17) is 10.3 Å². The highest BCUT2D eigenvalue weighted by molar-refractivity contribution is 5.05. The first-order chi connectivity index (χ1) is 9.05. The van der Waals surface area contributed by atoms with Gasteiger partial charge in [-0.15, -0.1) is 0 Å². The predicted molar refractivity (Wildman–Crippen MR) is 73.9 cm³/mol. The molecule has 2 aliphatic rings. The fourth-order valence-corrected chi connectivity index (χ4v) is 3.52. The minimum absolute atomic E-state index is 0.207. The minimum atomic E-state index is 0.207. The van der Waals surface area contributed by atoms with E-state index in [0.29, 0.717) is 17.3 Å². The molecule has 106 valence electrons. The van der Waals surface area contributed by atoms with Gasteiger partial charge in [0.15, 0.2) is 5.82 Å². The lowest BCUT2D eigenvalue weighted by molar-refractivity contribution is 0.218. The van der Waals surface area contributed by atoms with Crippen molar-refractivity contribution in [2.24, 2.45) is 11.1 Å². The van der Waals surface area contributed by atoms with Crippen molar-refractivity contribution < 1.29 is 4.52 Å². The van der Waals surface area contributed by atoms with Crippen molar-refractivity contribution in [1.29, 1.82) is 0 Å². The van der Waals surface area contributed by atoms with Gasteiger partial charge in [0.2, 0.25) is 5.89 Å². The van der Waals surface area contributed by atoms with E-state index in [9.17, 15) is 0 Å². The van der Waals surface area contributed by atoms with E-state index < -0.39 is 0 Å². The lowest BCUT2D eigenvalue weighted by Gasteiger charge is -2.32. The van der Waals surface area contributed by atoms with Gasteiger partial charge in [0.25, 0.3) is 0 Å². The number of aromatic nitrogens is 2. The van der Waals surface area contributed by atoms with Crippen molar-refractivity contribution in [3.8, 4) is 0 Å². The van der Waals surface area contributed by atoms with Gasteiger partial charge in [-0.2, -0.15) is 4.98 Å². The van der Waals surface area contributed by atoms with Crippen LogP contribution in [0.2, 0.25) is 0 Å². The second-order valence-electron chi connectivity index (χ2n) is 7.13. The molecule has 0 spiro atoms. The Labute approximate surface area is 115 Å². The maximum Gasteiger partial charge on any atom is 0.231 e. The molecule has 4 nitrogen and oxygen atoms in total. The van der Waals surface area contributed by atoms with Crippen molar-refractivity contribution >= 4 is 0 Å². The van der Waals surface area contributed by atoms with Crippen molar-refractivity contribution in [3.63, 3.8) is 0 Å². The SMILES string of the molecule is CC1(C)CCC(c2noc(C3CCCC3N)n2)CC1. The fraction of sp³-hybridized carbons (Fsp3) is 0.867. The molecule has 2 atom stereocenters. The first kappa shape index (κ1) is 13.1. The fourth-order valence-electron chi connectivity index (χ4n) is 3.52. The Balaban J connectivity index is 1.68. The highest BCUT2D eigenvalue weighted by Gasteiger charge is 2.33. The van der Waals surface area contributed by atoms with E-state index in [1.807, 2.05) is 0 Å². The molecule has 1 heterocycles. The number of hydrogen-bond donors (Lipinski definition) is 1.